The Morgan fingerprint density at radius 3 is 2.47 bits per heavy atom. The number of nitrogens with zero attached hydrogens (tertiary/aromatic N) is 3. The summed E-state index contributed by atoms with van der Waals surface area (Å²) in [7, 11) is 0. The first kappa shape index (κ1) is 10.9. The fraction of sp³-hybridized carbons (Fsp3) is 0. The van der Waals surface area contributed by atoms with E-state index in [1.807, 2.05) is 0 Å². The number of hydrogen-bond donors (Lipinski definition) is 0. The topological polar surface area (TPSA) is 78.2 Å². The zero-order chi connectivity index (χ0) is 12.3. The van der Waals surface area contributed by atoms with Crippen molar-refractivity contribution in [3.8, 4) is 11.8 Å². The van der Waals surface area contributed by atoms with Crippen LogP contribution < -0.4 is 4.74 Å². The molecule has 1 heterocycles. The van der Waals surface area contributed by atoms with Crippen molar-refractivity contribution in [2.45, 2.75) is 0 Å². The van der Waals surface area contributed by atoms with Gasteiger partial charge in [-0.05, 0) is 12.1 Å². The van der Waals surface area contributed by atoms with Crippen molar-refractivity contribution in [2.24, 2.45) is 0 Å². The molecular weight excluding hydrogens is 229 g/mol. The number of para-hydroxylation sites is 1. The van der Waals surface area contributed by atoms with Crippen LogP contribution in [0.15, 0.2) is 36.7 Å². The Hall–Kier alpha value is -2.57. The molecule has 0 atom stereocenters. The van der Waals surface area contributed by atoms with E-state index in [4.69, 9.17) is 4.74 Å². The van der Waals surface area contributed by atoms with Gasteiger partial charge in [0.1, 0.15) is 12.4 Å². The standard InChI is InChI=1S/C10H6FN3O3/c11-8-3-1-2-4-9(8)17-10-12-5-7(6-13-10)14(15)16/h1-6H. The Balaban J connectivity index is 2.20. The van der Waals surface area contributed by atoms with E-state index in [0.717, 1.165) is 12.4 Å². The minimum atomic E-state index is -0.632. The molecule has 0 spiro atoms. The number of aromatic nitrogens is 2. The van der Waals surface area contributed by atoms with Gasteiger partial charge in [0, 0.05) is 0 Å². The van der Waals surface area contributed by atoms with Crippen LogP contribution in [0.1, 0.15) is 0 Å². The SMILES string of the molecule is O=[N+]([O-])c1cnc(Oc2ccccc2F)nc1. The molecule has 1 aromatic carbocycles. The van der Waals surface area contributed by atoms with Crippen LogP contribution in [0.25, 0.3) is 0 Å². The Morgan fingerprint density at radius 1 is 1.24 bits per heavy atom. The molecule has 0 saturated heterocycles. The van der Waals surface area contributed by atoms with Gasteiger partial charge in [0.05, 0.1) is 4.92 Å². The van der Waals surface area contributed by atoms with E-state index in [9.17, 15) is 14.5 Å². The molecule has 2 aromatic rings. The molecule has 17 heavy (non-hydrogen) atoms. The van der Waals surface area contributed by atoms with Gasteiger partial charge >= 0.3 is 11.7 Å². The molecule has 0 bridgehead atoms. The Kier molecular flexibility index (Phi) is 2.91. The van der Waals surface area contributed by atoms with Crippen molar-refractivity contribution in [2.75, 3.05) is 0 Å². The molecule has 6 nitrogen and oxygen atoms in total. The molecule has 0 aliphatic heterocycles. The third-order valence-electron chi connectivity index (χ3n) is 1.86. The third-order valence-corrected chi connectivity index (χ3v) is 1.86. The van der Waals surface area contributed by atoms with E-state index in [1.165, 1.54) is 18.2 Å². The number of halogens is 1. The van der Waals surface area contributed by atoms with Crippen LogP contribution in [-0.4, -0.2) is 14.9 Å². The van der Waals surface area contributed by atoms with E-state index in [2.05, 4.69) is 9.97 Å². The molecule has 0 amide bonds. The molecule has 0 fully saturated rings. The summed E-state index contributed by atoms with van der Waals surface area (Å²) < 4.78 is 18.2. The summed E-state index contributed by atoms with van der Waals surface area (Å²) in [6, 6.07) is 5.57. The Labute approximate surface area is 94.9 Å². The fourth-order valence-electron chi connectivity index (χ4n) is 1.08. The fourth-order valence-corrected chi connectivity index (χ4v) is 1.08. The lowest BCUT2D eigenvalue weighted by molar-refractivity contribution is -0.385. The maximum Gasteiger partial charge on any atom is 0.322 e. The summed E-state index contributed by atoms with van der Waals surface area (Å²) in [6.07, 6.45) is 1.98. The molecule has 7 heteroatoms. The van der Waals surface area contributed by atoms with E-state index >= 15 is 0 Å². The van der Waals surface area contributed by atoms with Gasteiger partial charge in [0.2, 0.25) is 0 Å². The predicted octanol–water partition coefficient (Wildman–Crippen LogP) is 2.32. The van der Waals surface area contributed by atoms with Gasteiger partial charge in [0.25, 0.3) is 0 Å². The normalized spacial score (nSPS) is 9.94. The van der Waals surface area contributed by atoms with Gasteiger partial charge in [-0.25, -0.2) is 4.39 Å². The van der Waals surface area contributed by atoms with Crippen LogP contribution in [0.2, 0.25) is 0 Å². The van der Waals surface area contributed by atoms with E-state index < -0.39 is 10.7 Å². The van der Waals surface area contributed by atoms with Gasteiger partial charge in [-0.3, -0.25) is 10.1 Å². The van der Waals surface area contributed by atoms with E-state index in [0.29, 0.717) is 0 Å². The van der Waals surface area contributed by atoms with Crippen LogP contribution >= 0.6 is 0 Å². The van der Waals surface area contributed by atoms with Crippen LogP contribution in [0.3, 0.4) is 0 Å². The molecule has 0 aliphatic carbocycles. The van der Waals surface area contributed by atoms with Crippen molar-refractivity contribution in [1.29, 1.82) is 0 Å². The van der Waals surface area contributed by atoms with Crippen LogP contribution in [-0.2, 0) is 0 Å². The van der Waals surface area contributed by atoms with Gasteiger partial charge in [-0.2, -0.15) is 9.97 Å². The number of hydrogen-bond acceptors (Lipinski definition) is 5. The monoisotopic (exact) mass is 235 g/mol. The first-order valence-corrected chi connectivity index (χ1v) is 4.55. The number of benzene rings is 1. The van der Waals surface area contributed by atoms with Crippen molar-refractivity contribution >= 4 is 5.69 Å². The van der Waals surface area contributed by atoms with Gasteiger partial charge in [-0.15, -0.1) is 0 Å². The molecule has 1 aromatic heterocycles. The highest BCUT2D eigenvalue weighted by atomic mass is 19.1. The zero-order valence-corrected chi connectivity index (χ0v) is 8.41. The van der Waals surface area contributed by atoms with Crippen molar-refractivity contribution in [1.82, 2.24) is 9.97 Å². The Bertz CT molecular complexity index is 545. The first-order chi connectivity index (χ1) is 8.16. The lowest BCUT2D eigenvalue weighted by atomic mass is 10.3. The second-order valence-electron chi connectivity index (χ2n) is 3.01. The lowest BCUT2D eigenvalue weighted by Gasteiger charge is -2.03. The molecule has 2 rings (SSSR count). The average Bonchev–Trinajstić information content (AvgIpc) is 2.33. The molecule has 86 valence electrons. The van der Waals surface area contributed by atoms with E-state index in [-0.39, 0.29) is 17.4 Å². The van der Waals surface area contributed by atoms with E-state index in [1.54, 1.807) is 6.07 Å². The number of nitro groups is 1. The smallest absolute Gasteiger partial charge is 0.322 e. The predicted molar refractivity (Wildman–Crippen MR) is 55.2 cm³/mol. The summed E-state index contributed by atoms with van der Waals surface area (Å²) in [5.41, 5.74) is -0.258. The summed E-state index contributed by atoms with van der Waals surface area (Å²) in [6.45, 7) is 0. The van der Waals surface area contributed by atoms with Gasteiger partial charge in [-0.1, -0.05) is 12.1 Å². The van der Waals surface area contributed by atoms with Crippen LogP contribution in [0.4, 0.5) is 10.1 Å². The zero-order valence-electron chi connectivity index (χ0n) is 8.41. The summed E-state index contributed by atoms with van der Waals surface area (Å²) in [5, 5.41) is 10.3. The molecule has 0 unspecified atom stereocenters. The Morgan fingerprint density at radius 2 is 1.88 bits per heavy atom. The van der Waals surface area contributed by atoms with Gasteiger partial charge < -0.3 is 4.74 Å². The second kappa shape index (κ2) is 4.52. The highest BCUT2D eigenvalue weighted by Gasteiger charge is 2.09. The molecular formula is C10H6FN3O3. The first-order valence-electron chi connectivity index (χ1n) is 4.55. The minimum absolute atomic E-state index is 0.0404. The average molecular weight is 235 g/mol. The number of rotatable bonds is 3. The number of ether oxygens (including phenoxy) is 1. The maximum atomic E-state index is 13.2. The van der Waals surface area contributed by atoms with Crippen molar-refractivity contribution in [3.05, 3.63) is 52.6 Å². The largest absolute Gasteiger partial charge is 0.421 e. The summed E-state index contributed by atoms with van der Waals surface area (Å²) >= 11 is 0. The summed E-state index contributed by atoms with van der Waals surface area (Å²) in [5.74, 6) is -0.601. The lowest BCUT2D eigenvalue weighted by Crippen LogP contribution is -1.95. The van der Waals surface area contributed by atoms with Crippen molar-refractivity contribution < 1.29 is 14.1 Å². The molecule has 0 aliphatic rings. The van der Waals surface area contributed by atoms with Crippen LogP contribution in [0, 0.1) is 15.9 Å². The van der Waals surface area contributed by atoms with Crippen molar-refractivity contribution in [3.63, 3.8) is 0 Å². The highest BCUT2D eigenvalue weighted by molar-refractivity contribution is 5.28. The highest BCUT2D eigenvalue weighted by Crippen LogP contribution is 2.21. The minimum Gasteiger partial charge on any atom is -0.421 e. The van der Waals surface area contributed by atoms with Crippen LogP contribution in [0.5, 0.6) is 11.8 Å². The maximum absolute atomic E-state index is 13.2. The second-order valence-corrected chi connectivity index (χ2v) is 3.01. The van der Waals surface area contributed by atoms with Gasteiger partial charge in [0.15, 0.2) is 11.6 Å². The quantitative estimate of drug-likeness (QED) is 0.602. The summed E-state index contributed by atoms with van der Waals surface area (Å²) in [4.78, 5) is 16.9. The molecule has 0 radical (unpaired) electrons. The molecule has 0 N–H and O–H groups in total. The third kappa shape index (κ3) is 2.51. The molecule has 0 saturated carbocycles.